The number of rotatable bonds is 19. The summed E-state index contributed by atoms with van der Waals surface area (Å²) in [5.41, 5.74) is -0.568. The second-order valence-electron chi connectivity index (χ2n) is 16.9. The van der Waals surface area contributed by atoms with Crippen molar-refractivity contribution in [2.75, 3.05) is 60.5 Å². The lowest BCUT2D eigenvalue weighted by molar-refractivity contribution is -0.177. The van der Waals surface area contributed by atoms with Gasteiger partial charge in [-0.25, -0.2) is 31.1 Å². The maximum absolute atomic E-state index is 16.2. The first-order chi connectivity index (χ1) is 29.6. The molecule has 0 radical (unpaired) electrons. The van der Waals surface area contributed by atoms with E-state index in [1.807, 2.05) is 24.3 Å². The normalized spacial score (nSPS) is 17.5. The number of carboxylic acids is 1. The summed E-state index contributed by atoms with van der Waals surface area (Å²) < 4.78 is 108. The third-order valence-electron chi connectivity index (χ3n) is 12.5. The molecule has 9 nitrogen and oxygen atoms in total. The number of likely N-dealkylation sites (tertiary alicyclic amines) is 2. The van der Waals surface area contributed by atoms with Crippen LogP contribution in [0.25, 0.3) is 21.9 Å². The molecule has 2 saturated heterocycles. The molecule has 0 unspecified atom stereocenters. The summed E-state index contributed by atoms with van der Waals surface area (Å²) in [4.78, 5) is 31.3. The number of aliphatic carboxylic acids is 1. The molecule has 2 aliphatic rings. The Morgan fingerprint density at radius 2 is 1.46 bits per heavy atom. The lowest BCUT2D eigenvalue weighted by Crippen LogP contribution is -2.61. The molecule has 0 saturated carbocycles. The van der Waals surface area contributed by atoms with Crippen molar-refractivity contribution in [2.45, 2.75) is 89.4 Å². The molecule has 0 bridgehead atoms. The molecule has 3 aromatic carbocycles. The van der Waals surface area contributed by atoms with Gasteiger partial charge in [-0.15, -0.1) is 0 Å². The summed E-state index contributed by atoms with van der Waals surface area (Å²) in [6.07, 6.45) is 1.78. The number of amides is 1. The number of carbonyl (C=O) groups excluding carboxylic acids is 1. The number of methoxy groups -OCH3 is 2. The fourth-order valence-corrected chi connectivity index (χ4v) is 8.79. The number of fused-ring (bicyclic) bond motifs is 1. The monoisotopic (exact) mass is 887 g/mol. The quantitative estimate of drug-likeness (QED) is 0.0941. The first-order valence-corrected chi connectivity index (χ1v) is 21.0. The molecule has 2 heterocycles. The van der Waals surface area contributed by atoms with Crippen LogP contribution in [0.15, 0.2) is 85.0 Å². The second-order valence-corrected chi connectivity index (χ2v) is 16.9. The number of ether oxygens (including phenoxy) is 3. The molecule has 15 heteroatoms. The summed E-state index contributed by atoms with van der Waals surface area (Å²) >= 11 is 0. The van der Waals surface area contributed by atoms with E-state index < -0.39 is 66.1 Å². The Labute approximate surface area is 365 Å². The van der Waals surface area contributed by atoms with E-state index in [9.17, 15) is 32.3 Å². The number of alkyl halides is 6. The van der Waals surface area contributed by atoms with Crippen LogP contribution in [0.3, 0.4) is 0 Å². The predicted molar refractivity (Wildman–Crippen MR) is 232 cm³/mol. The zero-order valence-electron chi connectivity index (χ0n) is 36.9. The van der Waals surface area contributed by atoms with Crippen LogP contribution in [0, 0.1) is 5.41 Å². The van der Waals surface area contributed by atoms with Gasteiger partial charge in [-0.2, -0.15) is 0 Å². The number of halogens is 6. The number of hydrogen-bond acceptors (Lipinski definition) is 7. The van der Waals surface area contributed by atoms with E-state index >= 15 is 8.78 Å². The third-order valence-corrected chi connectivity index (χ3v) is 12.5. The maximum Gasteiger partial charge on any atom is 0.326 e. The molecule has 1 atom stereocenters. The lowest BCUT2D eigenvalue weighted by atomic mass is 9.69. The molecule has 3 aromatic rings. The Bertz CT molecular complexity index is 2150. The minimum atomic E-state index is -3.77. The average molecular weight is 888 g/mol. The fraction of sp³-hybridized carbons (Fsp3) is 0.500. The number of carboxylic acid groups (broad SMARTS) is 1. The molecule has 1 amide bonds. The summed E-state index contributed by atoms with van der Waals surface area (Å²) in [7, 11) is 4.23. The molecule has 5 rings (SSSR count). The fourth-order valence-electron chi connectivity index (χ4n) is 8.79. The predicted octanol–water partition coefficient (Wildman–Crippen LogP) is 9.68. The van der Waals surface area contributed by atoms with Gasteiger partial charge in [-0.3, -0.25) is 14.6 Å². The minimum absolute atomic E-state index is 0.132. The molecule has 0 spiro atoms. The van der Waals surface area contributed by atoms with Crippen LogP contribution in [-0.4, -0.2) is 122 Å². The van der Waals surface area contributed by atoms with Gasteiger partial charge in [-0.05, 0) is 116 Å². The van der Waals surface area contributed by atoms with Crippen molar-refractivity contribution >= 4 is 22.6 Å². The molecule has 2 fully saturated rings. The first-order valence-electron chi connectivity index (χ1n) is 21.0. The highest BCUT2D eigenvalue weighted by Gasteiger charge is 2.61. The van der Waals surface area contributed by atoms with Crippen LogP contribution in [0.2, 0.25) is 0 Å². The molecule has 63 heavy (non-hydrogen) atoms. The molecular formula is C48H59F6N3O6. The first kappa shape index (κ1) is 49.2. The molecular weight excluding hydrogens is 829 g/mol. The SMILES string of the molecule is C=C(C)C(F)(F)CN1CCC(OCc2cc(OC)c(-c3cccc4c(C[C@@H](C(=O)O)N(C)C(=O)C5(C(F)(F)C(=C)C)CCN(CC(F)(F)/C=C/C)CC5)cccc34)c(OC)c2)CC1. The molecule has 0 aromatic heterocycles. The minimum Gasteiger partial charge on any atom is -0.496 e. The van der Waals surface area contributed by atoms with Crippen LogP contribution in [-0.2, 0) is 27.4 Å². The summed E-state index contributed by atoms with van der Waals surface area (Å²) in [6, 6.07) is 12.9. The number of benzene rings is 3. The van der Waals surface area contributed by atoms with Crippen LogP contribution >= 0.6 is 0 Å². The van der Waals surface area contributed by atoms with Gasteiger partial charge < -0.3 is 24.2 Å². The third kappa shape index (κ3) is 10.7. The van der Waals surface area contributed by atoms with Gasteiger partial charge in [0.15, 0.2) is 0 Å². The van der Waals surface area contributed by atoms with E-state index in [1.165, 1.54) is 46.1 Å². The van der Waals surface area contributed by atoms with Crippen molar-refractivity contribution < 1.29 is 55.2 Å². The van der Waals surface area contributed by atoms with E-state index in [0.29, 0.717) is 64.9 Å². The van der Waals surface area contributed by atoms with E-state index in [0.717, 1.165) is 23.5 Å². The van der Waals surface area contributed by atoms with E-state index in [2.05, 4.69) is 13.2 Å². The van der Waals surface area contributed by atoms with Crippen molar-refractivity contribution in [3.63, 3.8) is 0 Å². The summed E-state index contributed by atoms with van der Waals surface area (Å²) in [5.74, 6) is -11.5. The number of nitrogens with zero attached hydrogens (tertiary/aromatic N) is 3. The number of carbonyl (C=O) groups is 2. The standard InChI is InChI=1S/C48H59F6N3O6/c1-9-18-46(49,50)29-57-23-19-45(20-24-57,48(53,54)32(4)5)44(60)55(6)39(43(58)59)27-34-12-10-14-37-36(34)13-11-15-38(37)42-40(61-7)25-33(26-41(42)62-8)28-63-35-16-21-56(22-17-35)30-47(51,52)31(2)3/h9-15,18,25-26,35,39H,2,4,16-17,19-24,27-30H2,1,3,5-8H3,(H,58,59)/b18-9+/t39-/m0/s1. The summed E-state index contributed by atoms with van der Waals surface area (Å²) in [5, 5.41) is 11.9. The molecule has 1 N–H and O–H groups in total. The van der Waals surface area contributed by atoms with E-state index in [1.54, 1.807) is 29.2 Å². The molecule has 0 aliphatic carbocycles. The molecule has 344 valence electrons. The largest absolute Gasteiger partial charge is 0.496 e. The lowest BCUT2D eigenvalue weighted by Gasteiger charge is -2.47. The average Bonchev–Trinajstić information content (AvgIpc) is 3.24. The van der Waals surface area contributed by atoms with Crippen LogP contribution in [0.4, 0.5) is 26.3 Å². The van der Waals surface area contributed by atoms with Crippen molar-refractivity contribution in [2.24, 2.45) is 5.41 Å². The van der Waals surface area contributed by atoms with E-state index in [-0.39, 0.29) is 44.3 Å². The number of allylic oxidation sites excluding steroid dienone is 2. The van der Waals surface area contributed by atoms with Gasteiger partial charge in [0.05, 0.1) is 45.6 Å². The van der Waals surface area contributed by atoms with Crippen molar-refractivity contribution in [3.05, 3.63) is 96.1 Å². The molecule has 2 aliphatic heterocycles. The Hall–Kier alpha value is -4.86. The Morgan fingerprint density at radius 1 is 0.889 bits per heavy atom. The number of likely N-dealkylation sites (N-methyl/N-ethyl adjacent to an activating group) is 1. The highest BCUT2D eigenvalue weighted by molar-refractivity contribution is 6.01. The zero-order valence-corrected chi connectivity index (χ0v) is 36.9. The van der Waals surface area contributed by atoms with Crippen LogP contribution in [0.1, 0.15) is 57.6 Å². The second kappa shape index (κ2) is 19.9. The van der Waals surface area contributed by atoms with Crippen molar-refractivity contribution in [1.82, 2.24) is 14.7 Å². The highest BCUT2D eigenvalue weighted by atomic mass is 19.3. The van der Waals surface area contributed by atoms with Gasteiger partial charge in [0.1, 0.15) is 23.0 Å². The Kier molecular flexibility index (Phi) is 15.5. The smallest absolute Gasteiger partial charge is 0.326 e. The number of hydrogen-bond donors (Lipinski definition) is 1. The van der Waals surface area contributed by atoms with E-state index in [4.69, 9.17) is 14.2 Å². The maximum atomic E-state index is 16.2. The van der Waals surface area contributed by atoms with Crippen molar-refractivity contribution in [3.8, 4) is 22.6 Å². The Morgan fingerprint density at radius 3 is 2.00 bits per heavy atom. The summed E-state index contributed by atoms with van der Waals surface area (Å²) in [6.45, 7) is 10.4. The van der Waals surface area contributed by atoms with Gasteiger partial charge in [-0.1, -0.05) is 55.6 Å². The van der Waals surface area contributed by atoms with Gasteiger partial charge in [0.25, 0.3) is 17.8 Å². The Balaban J connectivity index is 1.39. The van der Waals surface area contributed by atoms with Crippen molar-refractivity contribution in [1.29, 1.82) is 0 Å². The van der Waals surface area contributed by atoms with Crippen LogP contribution < -0.4 is 9.47 Å². The number of piperidine rings is 2. The van der Waals surface area contributed by atoms with Gasteiger partial charge >= 0.3 is 5.97 Å². The van der Waals surface area contributed by atoms with Gasteiger partial charge in [0.2, 0.25) is 5.91 Å². The zero-order chi connectivity index (χ0) is 46.5. The van der Waals surface area contributed by atoms with Gasteiger partial charge in [0, 0.05) is 26.6 Å². The van der Waals surface area contributed by atoms with Crippen LogP contribution in [0.5, 0.6) is 11.5 Å². The topological polar surface area (TPSA) is 91.8 Å². The highest BCUT2D eigenvalue weighted by Crippen LogP contribution is 2.51.